The van der Waals surface area contributed by atoms with Crippen LogP contribution in [0.4, 0.5) is 4.79 Å². The van der Waals surface area contributed by atoms with Gasteiger partial charge in [0.25, 0.3) is 0 Å². The highest BCUT2D eigenvalue weighted by Crippen LogP contribution is 2.37. The number of carbonyl (C=O) groups is 1. The summed E-state index contributed by atoms with van der Waals surface area (Å²) in [5.74, 6) is 0.862. The number of nitrogens with zero attached hydrogens (tertiary/aromatic N) is 1. The summed E-state index contributed by atoms with van der Waals surface area (Å²) in [4.78, 5) is 14.7. The van der Waals surface area contributed by atoms with E-state index < -0.39 is 0 Å². The van der Waals surface area contributed by atoms with Gasteiger partial charge in [0.05, 0.1) is 13.2 Å². The number of amides is 1. The lowest BCUT2D eigenvalue weighted by atomic mass is 9.83. The third kappa shape index (κ3) is 3.85. The van der Waals surface area contributed by atoms with E-state index in [9.17, 15) is 4.79 Å². The van der Waals surface area contributed by atoms with Crippen molar-refractivity contribution in [2.24, 2.45) is 0 Å². The third-order valence-electron chi connectivity index (χ3n) is 5.51. The molecule has 140 valence electrons. The Balaban J connectivity index is 1.48. The van der Waals surface area contributed by atoms with E-state index in [-0.39, 0.29) is 18.2 Å². The number of hydrogen-bond acceptors (Lipinski definition) is 3. The maximum Gasteiger partial charge on any atom is 0.410 e. The van der Waals surface area contributed by atoms with Crippen molar-refractivity contribution in [1.82, 2.24) is 4.90 Å². The highest BCUT2D eigenvalue weighted by Gasteiger charge is 2.38. The standard InChI is InChI=1S/C23H25NO3/c1-26-22-12-10-18(11-13-22)19-14-20-8-5-9-21(15-19)24(20)23(25)27-16-17-6-3-2-4-7-17/h2-4,6-7,10-14,20-21H,5,8-9,15-16H2,1H3. The normalized spacial score (nSPS) is 21.4. The summed E-state index contributed by atoms with van der Waals surface area (Å²) in [6.45, 7) is 0.324. The second-order valence-corrected chi connectivity index (χ2v) is 7.22. The number of ether oxygens (including phenoxy) is 2. The molecular weight excluding hydrogens is 338 g/mol. The van der Waals surface area contributed by atoms with Crippen molar-refractivity contribution >= 4 is 11.7 Å². The fourth-order valence-corrected chi connectivity index (χ4v) is 4.13. The molecule has 2 unspecified atom stereocenters. The Labute approximate surface area is 160 Å². The van der Waals surface area contributed by atoms with E-state index in [4.69, 9.17) is 9.47 Å². The fourth-order valence-electron chi connectivity index (χ4n) is 4.13. The van der Waals surface area contributed by atoms with E-state index in [1.807, 2.05) is 47.4 Å². The third-order valence-corrected chi connectivity index (χ3v) is 5.51. The van der Waals surface area contributed by atoms with Gasteiger partial charge in [-0.1, -0.05) is 48.5 Å². The molecule has 0 saturated carbocycles. The van der Waals surface area contributed by atoms with E-state index in [1.165, 1.54) is 11.1 Å². The minimum absolute atomic E-state index is 0.123. The highest BCUT2D eigenvalue weighted by molar-refractivity contribution is 5.74. The zero-order valence-electron chi connectivity index (χ0n) is 15.6. The molecule has 4 rings (SSSR count). The summed E-state index contributed by atoms with van der Waals surface area (Å²) in [7, 11) is 1.68. The second-order valence-electron chi connectivity index (χ2n) is 7.22. The Kier molecular flexibility index (Phi) is 5.14. The minimum atomic E-state index is -0.196. The van der Waals surface area contributed by atoms with Crippen molar-refractivity contribution in [2.45, 2.75) is 44.4 Å². The summed E-state index contributed by atoms with van der Waals surface area (Å²) in [6, 6.07) is 18.4. The van der Waals surface area contributed by atoms with Gasteiger partial charge in [0.2, 0.25) is 0 Å². The second kappa shape index (κ2) is 7.87. The van der Waals surface area contributed by atoms with E-state index in [2.05, 4.69) is 18.2 Å². The van der Waals surface area contributed by atoms with Gasteiger partial charge < -0.3 is 9.47 Å². The SMILES string of the molecule is COc1ccc(C2=CC3CCCC(C2)N3C(=O)OCc2ccccc2)cc1. The molecule has 2 atom stereocenters. The van der Waals surface area contributed by atoms with Gasteiger partial charge >= 0.3 is 6.09 Å². The van der Waals surface area contributed by atoms with Crippen LogP contribution in [0.1, 0.15) is 36.8 Å². The molecule has 4 nitrogen and oxygen atoms in total. The summed E-state index contributed by atoms with van der Waals surface area (Å²) in [6.07, 6.45) is 6.12. The van der Waals surface area contributed by atoms with Crippen molar-refractivity contribution < 1.29 is 14.3 Å². The van der Waals surface area contributed by atoms with E-state index >= 15 is 0 Å². The number of rotatable bonds is 4. The van der Waals surface area contributed by atoms with E-state index in [0.29, 0.717) is 6.61 Å². The molecule has 1 saturated heterocycles. The molecule has 4 heteroatoms. The van der Waals surface area contributed by atoms with Crippen LogP contribution in [0.2, 0.25) is 0 Å². The Hall–Kier alpha value is -2.75. The van der Waals surface area contributed by atoms with Crippen molar-refractivity contribution in [2.75, 3.05) is 7.11 Å². The maximum atomic E-state index is 12.8. The van der Waals surface area contributed by atoms with Gasteiger partial charge in [-0.15, -0.1) is 0 Å². The molecule has 0 aliphatic carbocycles. The molecular formula is C23H25NO3. The van der Waals surface area contributed by atoms with Crippen LogP contribution < -0.4 is 4.74 Å². The topological polar surface area (TPSA) is 38.8 Å². The zero-order chi connectivity index (χ0) is 18.6. The summed E-state index contributed by atoms with van der Waals surface area (Å²) in [5, 5.41) is 0. The van der Waals surface area contributed by atoms with Crippen molar-refractivity contribution in [3.63, 3.8) is 0 Å². The van der Waals surface area contributed by atoms with E-state index in [0.717, 1.165) is 37.0 Å². The van der Waals surface area contributed by atoms with Gasteiger partial charge in [0.1, 0.15) is 12.4 Å². The fraction of sp³-hybridized carbons (Fsp3) is 0.348. The predicted molar refractivity (Wildman–Crippen MR) is 105 cm³/mol. The highest BCUT2D eigenvalue weighted by atomic mass is 16.6. The molecule has 1 fully saturated rings. The van der Waals surface area contributed by atoms with Crippen LogP contribution in [0, 0.1) is 0 Å². The lowest BCUT2D eigenvalue weighted by Gasteiger charge is -2.44. The quantitative estimate of drug-likeness (QED) is 0.764. The van der Waals surface area contributed by atoms with Gasteiger partial charge in [-0.05, 0) is 54.5 Å². The molecule has 0 N–H and O–H groups in total. The van der Waals surface area contributed by atoms with Crippen LogP contribution in [0.15, 0.2) is 60.7 Å². The molecule has 2 aromatic carbocycles. The Morgan fingerprint density at radius 1 is 1.07 bits per heavy atom. The first kappa shape index (κ1) is 17.7. The van der Waals surface area contributed by atoms with Crippen LogP contribution in [0.25, 0.3) is 5.57 Å². The summed E-state index contributed by atoms with van der Waals surface area (Å²) < 4.78 is 10.9. The largest absolute Gasteiger partial charge is 0.497 e. The molecule has 0 radical (unpaired) electrons. The smallest absolute Gasteiger partial charge is 0.410 e. The number of methoxy groups -OCH3 is 1. The van der Waals surface area contributed by atoms with Crippen LogP contribution in [-0.4, -0.2) is 30.2 Å². The Morgan fingerprint density at radius 3 is 2.56 bits per heavy atom. The molecule has 2 aliphatic rings. The molecule has 0 spiro atoms. The van der Waals surface area contributed by atoms with Crippen molar-refractivity contribution in [3.8, 4) is 5.75 Å². The molecule has 2 bridgehead atoms. The number of piperidine rings is 1. The van der Waals surface area contributed by atoms with Gasteiger partial charge in [-0.2, -0.15) is 0 Å². The molecule has 2 heterocycles. The number of fused-ring (bicyclic) bond motifs is 2. The molecule has 2 aromatic rings. The lowest BCUT2D eigenvalue weighted by Crippen LogP contribution is -2.51. The van der Waals surface area contributed by atoms with Crippen LogP contribution in [0.3, 0.4) is 0 Å². The van der Waals surface area contributed by atoms with Gasteiger partial charge in [-0.25, -0.2) is 4.79 Å². The van der Waals surface area contributed by atoms with Crippen LogP contribution in [0.5, 0.6) is 5.75 Å². The molecule has 1 amide bonds. The van der Waals surface area contributed by atoms with Gasteiger partial charge in [0.15, 0.2) is 0 Å². The predicted octanol–water partition coefficient (Wildman–Crippen LogP) is 5.04. The molecule has 2 aliphatic heterocycles. The first-order valence-corrected chi connectivity index (χ1v) is 9.59. The Morgan fingerprint density at radius 2 is 1.85 bits per heavy atom. The average molecular weight is 363 g/mol. The van der Waals surface area contributed by atoms with Gasteiger partial charge in [0, 0.05) is 6.04 Å². The minimum Gasteiger partial charge on any atom is -0.497 e. The Bertz CT molecular complexity index is 813. The first-order valence-electron chi connectivity index (χ1n) is 9.59. The maximum absolute atomic E-state index is 12.8. The lowest BCUT2D eigenvalue weighted by molar-refractivity contribution is 0.0510. The van der Waals surface area contributed by atoms with Crippen LogP contribution >= 0.6 is 0 Å². The number of hydrogen-bond donors (Lipinski definition) is 0. The number of carbonyl (C=O) groups excluding carboxylic acids is 1. The monoisotopic (exact) mass is 363 g/mol. The van der Waals surface area contributed by atoms with Crippen molar-refractivity contribution in [1.29, 1.82) is 0 Å². The number of benzene rings is 2. The average Bonchev–Trinajstić information content (AvgIpc) is 2.72. The van der Waals surface area contributed by atoms with Crippen LogP contribution in [-0.2, 0) is 11.3 Å². The first-order chi connectivity index (χ1) is 13.2. The van der Waals surface area contributed by atoms with Gasteiger partial charge in [-0.3, -0.25) is 4.90 Å². The summed E-state index contributed by atoms with van der Waals surface area (Å²) >= 11 is 0. The zero-order valence-corrected chi connectivity index (χ0v) is 15.6. The van der Waals surface area contributed by atoms with E-state index in [1.54, 1.807) is 7.11 Å². The molecule has 0 aromatic heterocycles. The summed E-state index contributed by atoms with van der Waals surface area (Å²) in [5.41, 5.74) is 3.55. The van der Waals surface area contributed by atoms with Crippen molar-refractivity contribution in [3.05, 3.63) is 71.8 Å². The molecule has 27 heavy (non-hydrogen) atoms.